The standard InChI is InChI=1S/C46H44N2O4/c49-33-36-19-21-39(22-20-36)44-28-43(32-48(30-34-11-4-1-5-12-34)31-35-13-6-2-7-14-35)51-46(52-44)41-25-23-38(24-26-41)42-18-10-15-37(27-42)29-47-45(50)40-16-8-3-9-17-40/h1-27,43-44,46,49H,28-33H2,(H,47,50). The van der Waals surface area contributed by atoms with Crippen LogP contribution in [0.4, 0.5) is 0 Å². The first-order chi connectivity index (χ1) is 25.6. The first kappa shape index (κ1) is 35.1. The van der Waals surface area contributed by atoms with Crippen molar-refractivity contribution in [2.24, 2.45) is 0 Å². The number of carbonyl (C=O) groups excluding carboxylic acids is 1. The van der Waals surface area contributed by atoms with Crippen LogP contribution < -0.4 is 5.32 Å². The molecule has 0 saturated carbocycles. The lowest BCUT2D eigenvalue weighted by Gasteiger charge is -2.38. The van der Waals surface area contributed by atoms with Crippen LogP contribution in [0.1, 0.15) is 62.6 Å². The van der Waals surface area contributed by atoms with Crippen molar-refractivity contribution in [2.45, 2.75) is 51.2 Å². The molecular formula is C46H44N2O4. The Balaban J connectivity index is 1.09. The number of hydrogen-bond acceptors (Lipinski definition) is 5. The number of benzene rings is 6. The molecule has 6 nitrogen and oxygen atoms in total. The van der Waals surface area contributed by atoms with E-state index in [2.05, 4.69) is 119 Å². The van der Waals surface area contributed by atoms with Crippen molar-refractivity contribution in [1.29, 1.82) is 0 Å². The van der Waals surface area contributed by atoms with Gasteiger partial charge in [0.25, 0.3) is 5.91 Å². The second-order valence-corrected chi connectivity index (χ2v) is 13.4. The minimum Gasteiger partial charge on any atom is -0.392 e. The highest BCUT2D eigenvalue weighted by Gasteiger charge is 2.33. The van der Waals surface area contributed by atoms with Crippen LogP contribution in [0.25, 0.3) is 11.1 Å². The minimum absolute atomic E-state index is 0.00563. The van der Waals surface area contributed by atoms with E-state index in [4.69, 9.17) is 9.47 Å². The summed E-state index contributed by atoms with van der Waals surface area (Å²) < 4.78 is 13.5. The van der Waals surface area contributed by atoms with E-state index in [1.54, 1.807) is 0 Å². The molecule has 2 N–H and O–H groups in total. The number of rotatable bonds is 13. The maximum Gasteiger partial charge on any atom is 0.251 e. The van der Waals surface area contributed by atoms with Gasteiger partial charge < -0.3 is 19.9 Å². The predicted octanol–water partition coefficient (Wildman–Crippen LogP) is 9.02. The molecule has 262 valence electrons. The van der Waals surface area contributed by atoms with E-state index < -0.39 is 6.29 Å². The summed E-state index contributed by atoms with van der Waals surface area (Å²) in [4.78, 5) is 15.1. The van der Waals surface area contributed by atoms with Crippen LogP contribution in [-0.4, -0.2) is 28.6 Å². The lowest BCUT2D eigenvalue weighted by molar-refractivity contribution is -0.253. The van der Waals surface area contributed by atoms with E-state index in [9.17, 15) is 9.90 Å². The molecule has 1 saturated heterocycles. The number of aliphatic hydroxyl groups is 1. The van der Waals surface area contributed by atoms with E-state index in [0.29, 0.717) is 18.5 Å². The van der Waals surface area contributed by atoms with Crippen molar-refractivity contribution in [2.75, 3.05) is 6.54 Å². The summed E-state index contributed by atoms with van der Waals surface area (Å²) in [7, 11) is 0. The first-order valence-electron chi connectivity index (χ1n) is 17.9. The second-order valence-electron chi connectivity index (χ2n) is 13.4. The highest BCUT2D eigenvalue weighted by molar-refractivity contribution is 5.94. The monoisotopic (exact) mass is 688 g/mol. The Morgan fingerprint density at radius 3 is 1.85 bits per heavy atom. The zero-order valence-electron chi connectivity index (χ0n) is 29.2. The van der Waals surface area contributed by atoms with Gasteiger partial charge in [-0.3, -0.25) is 9.69 Å². The summed E-state index contributed by atoms with van der Waals surface area (Å²) in [6.07, 6.45) is -0.101. The fourth-order valence-corrected chi connectivity index (χ4v) is 6.76. The number of ether oxygens (including phenoxy) is 2. The maximum atomic E-state index is 12.6. The number of aliphatic hydroxyl groups excluding tert-OH is 1. The van der Waals surface area contributed by atoms with Gasteiger partial charge in [0, 0.05) is 43.7 Å². The Bertz CT molecular complexity index is 1960. The molecule has 1 aliphatic rings. The highest BCUT2D eigenvalue weighted by Crippen LogP contribution is 2.39. The topological polar surface area (TPSA) is 71.0 Å². The van der Waals surface area contributed by atoms with Crippen molar-refractivity contribution in [3.63, 3.8) is 0 Å². The zero-order chi connectivity index (χ0) is 35.5. The quantitative estimate of drug-likeness (QED) is 0.127. The molecule has 6 heteroatoms. The molecule has 0 aliphatic carbocycles. The van der Waals surface area contributed by atoms with Gasteiger partial charge in [0.05, 0.1) is 18.8 Å². The molecule has 1 aliphatic heterocycles. The van der Waals surface area contributed by atoms with Gasteiger partial charge in [0.15, 0.2) is 6.29 Å². The van der Waals surface area contributed by atoms with Crippen LogP contribution in [0, 0.1) is 0 Å². The van der Waals surface area contributed by atoms with Crippen LogP contribution in [0.15, 0.2) is 164 Å². The van der Waals surface area contributed by atoms with Gasteiger partial charge in [-0.25, -0.2) is 0 Å². The summed E-state index contributed by atoms with van der Waals surface area (Å²) in [6, 6.07) is 55.1. The van der Waals surface area contributed by atoms with Gasteiger partial charge >= 0.3 is 0 Å². The summed E-state index contributed by atoms with van der Waals surface area (Å²) in [6.45, 7) is 2.80. The lowest BCUT2D eigenvalue weighted by Crippen LogP contribution is -2.39. The smallest absolute Gasteiger partial charge is 0.251 e. The summed E-state index contributed by atoms with van der Waals surface area (Å²) >= 11 is 0. The molecule has 1 amide bonds. The van der Waals surface area contributed by atoms with E-state index in [-0.39, 0.29) is 24.7 Å². The molecule has 3 atom stereocenters. The molecule has 0 bridgehead atoms. The molecule has 0 radical (unpaired) electrons. The third-order valence-corrected chi connectivity index (χ3v) is 9.51. The van der Waals surface area contributed by atoms with Crippen molar-refractivity contribution < 1.29 is 19.4 Å². The van der Waals surface area contributed by atoms with Gasteiger partial charge in [0.2, 0.25) is 0 Å². The van der Waals surface area contributed by atoms with Crippen molar-refractivity contribution in [3.8, 4) is 11.1 Å². The Morgan fingerprint density at radius 2 is 1.21 bits per heavy atom. The molecule has 1 heterocycles. The Kier molecular flexibility index (Phi) is 11.6. The SMILES string of the molecule is O=C(NCc1cccc(-c2ccc(C3OC(CN(Cc4ccccc4)Cc4ccccc4)CC(c4ccc(CO)cc4)O3)cc2)c1)c1ccccc1. The fraction of sp³-hybridized carbons (Fsp3) is 0.196. The van der Waals surface area contributed by atoms with Crippen LogP contribution >= 0.6 is 0 Å². The van der Waals surface area contributed by atoms with Crippen molar-refractivity contribution >= 4 is 5.91 Å². The number of nitrogens with zero attached hydrogens (tertiary/aromatic N) is 1. The Labute approximate surface area is 306 Å². The summed E-state index contributed by atoms with van der Waals surface area (Å²) in [5.74, 6) is -0.0907. The first-order valence-corrected chi connectivity index (χ1v) is 17.9. The molecule has 6 aromatic rings. The maximum absolute atomic E-state index is 12.6. The molecule has 1 fully saturated rings. The van der Waals surface area contributed by atoms with Gasteiger partial charge in [-0.2, -0.15) is 0 Å². The number of nitrogens with one attached hydrogen (secondary N) is 1. The fourth-order valence-electron chi connectivity index (χ4n) is 6.76. The summed E-state index contributed by atoms with van der Waals surface area (Å²) in [5.41, 5.74) is 9.23. The molecule has 0 spiro atoms. The number of hydrogen-bond donors (Lipinski definition) is 2. The molecule has 52 heavy (non-hydrogen) atoms. The molecule has 3 unspecified atom stereocenters. The van der Waals surface area contributed by atoms with Crippen LogP contribution in [0.5, 0.6) is 0 Å². The third kappa shape index (κ3) is 9.29. The number of carbonyl (C=O) groups is 1. The van der Waals surface area contributed by atoms with Gasteiger partial charge in [-0.1, -0.05) is 146 Å². The summed E-state index contributed by atoms with van der Waals surface area (Å²) in [5, 5.41) is 12.7. The van der Waals surface area contributed by atoms with E-state index in [1.165, 1.54) is 11.1 Å². The van der Waals surface area contributed by atoms with Crippen LogP contribution in [0.2, 0.25) is 0 Å². The average Bonchev–Trinajstić information content (AvgIpc) is 3.21. The lowest BCUT2D eigenvalue weighted by atomic mass is 9.98. The third-order valence-electron chi connectivity index (χ3n) is 9.51. The largest absolute Gasteiger partial charge is 0.392 e. The molecule has 6 aromatic carbocycles. The Hall–Kier alpha value is -5.37. The average molecular weight is 689 g/mol. The molecule has 0 aromatic heterocycles. The van der Waals surface area contributed by atoms with Gasteiger partial charge in [0.1, 0.15) is 0 Å². The minimum atomic E-state index is -0.551. The van der Waals surface area contributed by atoms with Gasteiger partial charge in [-0.15, -0.1) is 0 Å². The normalized spacial score (nSPS) is 17.2. The zero-order valence-corrected chi connectivity index (χ0v) is 29.2. The van der Waals surface area contributed by atoms with Crippen LogP contribution in [0.3, 0.4) is 0 Å². The van der Waals surface area contributed by atoms with E-state index >= 15 is 0 Å². The van der Waals surface area contributed by atoms with E-state index in [0.717, 1.165) is 53.0 Å². The Morgan fingerprint density at radius 1 is 0.615 bits per heavy atom. The molecule has 7 rings (SSSR count). The van der Waals surface area contributed by atoms with Crippen molar-refractivity contribution in [1.82, 2.24) is 10.2 Å². The van der Waals surface area contributed by atoms with E-state index in [1.807, 2.05) is 54.6 Å². The van der Waals surface area contributed by atoms with Crippen LogP contribution in [-0.2, 0) is 35.7 Å². The number of amides is 1. The van der Waals surface area contributed by atoms with Gasteiger partial charge in [-0.05, 0) is 57.1 Å². The second kappa shape index (κ2) is 17.2. The highest BCUT2D eigenvalue weighted by atomic mass is 16.7. The molecular weight excluding hydrogens is 645 g/mol. The van der Waals surface area contributed by atoms with Crippen molar-refractivity contribution in [3.05, 3.63) is 203 Å². The predicted molar refractivity (Wildman–Crippen MR) is 205 cm³/mol.